The quantitative estimate of drug-likeness (QED) is 0.206. The number of hydrogen-bond acceptors (Lipinski definition) is 4. The predicted octanol–water partition coefficient (Wildman–Crippen LogP) is 9.26. The molecule has 252 valence electrons. The minimum atomic E-state index is -4.97. The summed E-state index contributed by atoms with van der Waals surface area (Å²) >= 11 is 0. The van der Waals surface area contributed by atoms with E-state index in [4.69, 9.17) is 9.47 Å². The monoisotopic (exact) mass is 632 g/mol. The molecule has 0 amide bonds. The first-order valence-corrected chi connectivity index (χ1v) is 17.4. The molecule has 0 heterocycles. The maximum Gasteiger partial charge on any atom is 0.432 e. The van der Waals surface area contributed by atoms with Gasteiger partial charge < -0.3 is 14.6 Å². The van der Waals surface area contributed by atoms with Crippen LogP contribution in [0.5, 0.6) is 0 Å². The van der Waals surface area contributed by atoms with Crippen LogP contribution >= 0.6 is 0 Å². The number of aliphatic hydroxyl groups excluding tert-OH is 1. The van der Waals surface area contributed by atoms with Crippen LogP contribution in [0.2, 0.25) is 0 Å². The number of carbonyl (C=O) groups excluding carboxylic acids is 1. The zero-order valence-corrected chi connectivity index (χ0v) is 28.2. The Labute approximate surface area is 268 Å². The van der Waals surface area contributed by atoms with Crippen LogP contribution in [-0.2, 0) is 19.9 Å². The van der Waals surface area contributed by atoms with Gasteiger partial charge in [-0.2, -0.15) is 13.2 Å². The molecule has 0 unspecified atom stereocenters. The first-order chi connectivity index (χ1) is 21.2. The van der Waals surface area contributed by atoms with Gasteiger partial charge in [0.1, 0.15) is 0 Å². The molecular weight excluding hydrogens is 577 g/mol. The Balaban J connectivity index is 1.17. The Morgan fingerprint density at radius 1 is 0.978 bits per heavy atom. The van der Waals surface area contributed by atoms with E-state index >= 15 is 0 Å². The number of fused-ring (bicyclic) bond motifs is 5. The summed E-state index contributed by atoms with van der Waals surface area (Å²) in [6.07, 6.45) is 8.60. The molecular formula is C38H55F3O4. The normalized spacial score (nSPS) is 36.4. The highest BCUT2D eigenvalue weighted by Gasteiger charge is 2.64. The lowest BCUT2D eigenvalue weighted by Gasteiger charge is -2.58. The molecule has 1 aromatic carbocycles. The fraction of sp³-hybridized carbons (Fsp3) is 0.763. The average molecular weight is 633 g/mol. The van der Waals surface area contributed by atoms with Gasteiger partial charge in [-0.05, 0) is 104 Å². The fourth-order valence-corrected chi connectivity index (χ4v) is 10.5. The molecule has 0 aliphatic heterocycles. The summed E-state index contributed by atoms with van der Waals surface area (Å²) in [5.41, 5.74) is -1.31. The number of carbonyl (C=O) groups is 1. The molecule has 7 heteroatoms. The van der Waals surface area contributed by atoms with Crippen molar-refractivity contribution in [2.24, 2.45) is 52.3 Å². The molecule has 4 aliphatic carbocycles. The van der Waals surface area contributed by atoms with Gasteiger partial charge in [-0.15, -0.1) is 0 Å². The van der Waals surface area contributed by atoms with Gasteiger partial charge >= 0.3 is 12.1 Å². The van der Waals surface area contributed by atoms with Crippen LogP contribution in [0.4, 0.5) is 13.2 Å². The van der Waals surface area contributed by atoms with Gasteiger partial charge in [0.25, 0.3) is 5.60 Å². The third-order valence-electron chi connectivity index (χ3n) is 13.5. The number of alkyl halides is 3. The lowest BCUT2D eigenvalue weighted by Crippen LogP contribution is -2.52. The zero-order chi connectivity index (χ0) is 32.8. The first kappa shape index (κ1) is 34.5. The lowest BCUT2D eigenvalue weighted by molar-refractivity contribution is -0.276. The van der Waals surface area contributed by atoms with E-state index in [0.29, 0.717) is 17.3 Å². The average Bonchev–Trinajstić information content (AvgIpc) is 3.36. The Morgan fingerprint density at radius 2 is 1.69 bits per heavy atom. The highest BCUT2D eigenvalue weighted by Crippen LogP contribution is 2.67. The van der Waals surface area contributed by atoms with E-state index in [0.717, 1.165) is 57.0 Å². The second kappa shape index (κ2) is 13.0. The highest BCUT2D eigenvalue weighted by molar-refractivity contribution is 5.82. The van der Waals surface area contributed by atoms with E-state index in [1.807, 2.05) is 6.92 Å². The Bertz CT molecular complexity index is 1220. The third kappa shape index (κ3) is 6.03. The van der Waals surface area contributed by atoms with E-state index in [1.54, 1.807) is 6.07 Å². The van der Waals surface area contributed by atoms with E-state index < -0.39 is 17.7 Å². The molecule has 4 aliphatic rings. The van der Waals surface area contributed by atoms with Gasteiger partial charge in [0.2, 0.25) is 0 Å². The van der Waals surface area contributed by atoms with Gasteiger partial charge in [-0.25, -0.2) is 4.79 Å². The first-order valence-electron chi connectivity index (χ1n) is 17.4. The van der Waals surface area contributed by atoms with Crippen molar-refractivity contribution in [2.45, 2.75) is 117 Å². The zero-order valence-electron chi connectivity index (χ0n) is 28.2. The number of allylic oxidation sites excluding steroid dienone is 1. The van der Waals surface area contributed by atoms with Gasteiger partial charge in [-0.3, -0.25) is 0 Å². The summed E-state index contributed by atoms with van der Waals surface area (Å²) in [6, 6.07) is 7.00. The van der Waals surface area contributed by atoms with E-state index in [2.05, 4.69) is 33.8 Å². The summed E-state index contributed by atoms with van der Waals surface area (Å²) in [6.45, 7) is 11.4. The van der Waals surface area contributed by atoms with Crippen molar-refractivity contribution in [3.8, 4) is 0 Å². The van der Waals surface area contributed by atoms with Gasteiger partial charge in [0, 0.05) is 12.7 Å². The topological polar surface area (TPSA) is 55.8 Å². The van der Waals surface area contributed by atoms with Crippen molar-refractivity contribution in [3.63, 3.8) is 0 Å². The molecule has 0 spiro atoms. The van der Waals surface area contributed by atoms with Gasteiger partial charge in [0.05, 0.1) is 12.7 Å². The van der Waals surface area contributed by atoms with Crippen molar-refractivity contribution in [2.75, 3.05) is 13.7 Å². The molecule has 3 fully saturated rings. The smallest absolute Gasteiger partial charge is 0.432 e. The van der Waals surface area contributed by atoms with Crippen molar-refractivity contribution >= 4 is 5.97 Å². The van der Waals surface area contributed by atoms with E-state index in [9.17, 15) is 23.1 Å². The molecule has 4 nitrogen and oxygen atoms in total. The number of rotatable bonds is 10. The predicted molar refractivity (Wildman–Crippen MR) is 170 cm³/mol. The minimum Gasteiger partial charge on any atom is -0.463 e. The Hall–Kier alpha value is -1.86. The molecule has 45 heavy (non-hydrogen) atoms. The standard InChI is InChI=1S/C38H55F3O4/c1-24(26(3)23-45-34(43)37(44-6,38(39,40)41)27-10-8-7-9-11-27)12-13-25(2)31-16-17-32-30-15-14-28-22-29(42)18-20-35(28,4)33(30)19-21-36(31,32)5/h7-11,14,24-26,29-33,42H,12-13,15-23H2,1-6H3/t24-,25-,26-,29+,30+,31-,32+,33+,35+,36-,37-/m1/s1. The van der Waals surface area contributed by atoms with E-state index in [1.165, 1.54) is 61.9 Å². The fourth-order valence-electron chi connectivity index (χ4n) is 10.5. The molecule has 1 N–H and O–H groups in total. The van der Waals surface area contributed by atoms with Crippen LogP contribution in [0, 0.1) is 52.3 Å². The number of esters is 1. The summed E-state index contributed by atoms with van der Waals surface area (Å²) in [5.74, 6) is 2.16. The van der Waals surface area contributed by atoms with Crippen LogP contribution in [0.25, 0.3) is 0 Å². The Kier molecular flexibility index (Phi) is 9.94. The molecule has 0 saturated heterocycles. The van der Waals surface area contributed by atoms with Crippen LogP contribution in [-0.4, -0.2) is 37.1 Å². The number of methoxy groups -OCH3 is 1. The summed E-state index contributed by atoms with van der Waals surface area (Å²) in [5, 5.41) is 10.3. The molecule has 5 rings (SSSR count). The molecule has 0 radical (unpaired) electrons. The molecule has 1 aromatic rings. The van der Waals surface area contributed by atoms with Crippen molar-refractivity contribution < 1.29 is 32.5 Å². The molecule has 3 saturated carbocycles. The number of hydrogen-bond donors (Lipinski definition) is 1. The highest BCUT2D eigenvalue weighted by atomic mass is 19.4. The maximum absolute atomic E-state index is 14.3. The summed E-state index contributed by atoms with van der Waals surface area (Å²) in [4.78, 5) is 13.0. The third-order valence-corrected chi connectivity index (χ3v) is 13.5. The summed E-state index contributed by atoms with van der Waals surface area (Å²) in [7, 11) is 0.902. The van der Waals surface area contributed by atoms with Crippen molar-refractivity contribution in [3.05, 3.63) is 47.5 Å². The second-order valence-electron chi connectivity index (χ2n) is 15.7. The van der Waals surface area contributed by atoms with Gasteiger partial charge in [0.15, 0.2) is 0 Å². The van der Waals surface area contributed by atoms with Gasteiger partial charge in [-0.1, -0.05) is 89.4 Å². The second-order valence-corrected chi connectivity index (χ2v) is 15.7. The molecule has 0 aromatic heterocycles. The lowest BCUT2D eigenvalue weighted by atomic mass is 9.47. The molecule has 0 bridgehead atoms. The Morgan fingerprint density at radius 3 is 2.36 bits per heavy atom. The van der Waals surface area contributed by atoms with Crippen molar-refractivity contribution in [1.82, 2.24) is 0 Å². The number of benzene rings is 1. The van der Waals surface area contributed by atoms with Crippen LogP contribution in [0.3, 0.4) is 0 Å². The SMILES string of the molecule is CO[C@@](C(=O)OC[C@@H](C)[C@H](C)CC[C@@H](C)[C@H]1CC[C@H]2[C@@H]3CC=C4C[C@@H](O)CC[C@]4(C)[C@H]3CC[C@]12C)(c1ccccc1)C(F)(F)F. The number of aliphatic hydroxyl groups is 1. The largest absolute Gasteiger partial charge is 0.463 e. The van der Waals surface area contributed by atoms with E-state index in [-0.39, 0.29) is 35.5 Å². The number of halogens is 3. The molecule has 11 atom stereocenters. The maximum atomic E-state index is 14.3. The van der Waals surface area contributed by atoms with Crippen LogP contribution in [0.15, 0.2) is 42.0 Å². The van der Waals surface area contributed by atoms with Crippen LogP contribution < -0.4 is 0 Å². The minimum absolute atomic E-state index is 0.0833. The summed E-state index contributed by atoms with van der Waals surface area (Å²) < 4.78 is 53.0. The number of ether oxygens (including phenoxy) is 2. The van der Waals surface area contributed by atoms with Crippen molar-refractivity contribution in [1.29, 1.82) is 0 Å². The van der Waals surface area contributed by atoms with Crippen LogP contribution in [0.1, 0.15) is 104 Å².